The Labute approximate surface area is 144 Å². The van der Waals surface area contributed by atoms with Crippen molar-refractivity contribution in [3.63, 3.8) is 0 Å². The molecular formula is C15H14BrF3N4O. The fourth-order valence-electron chi connectivity index (χ4n) is 2.70. The normalized spacial score (nSPS) is 18.7. The first kappa shape index (κ1) is 16.9. The van der Waals surface area contributed by atoms with Crippen molar-refractivity contribution in [2.24, 2.45) is 5.92 Å². The zero-order chi connectivity index (χ0) is 17.3. The molecule has 0 spiro atoms. The predicted octanol–water partition coefficient (Wildman–Crippen LogP) is 3.44. The number of nitrogens with zero attached hydrogens (tertiary/aromatic N) is 4. The lowest BCUT2D eigenvalue weighted by molar-refractivity contribution is -0.184. The number of carbonyl (C=O) groups excluding carboxylic acids is 1. The Hall–Kier alpha value is -1.90. The summed E-state index contributed by atoms with van der Waals surface area (Å²) in [7, 11) is 0. The monoisotopic (exact) mass is 402 g/mol. The van der Waals surface area contributed by atoms with Crippen LogP contribution in [-0.2, 0) is 0 Å². The van der Waals surface area contributed by atoms with E-state index in [1.165, 1.54) is 15.8 Å². The molecule has 0 saturated carbocycles. The highest BCUT2D eigenvalue weighted by atomic mass is 79.9. The van der Waals surface area contributed by atoms with Crippen molar-refractivity contribution in [3.05, 3.63) is 40.6 Å². The predicted molar refractivity (Wildman–Crippen MR) is 83.7 cm³/mol. The van der Waals surface area contributed by atoms with Gasteiger partial charge in [-0.05, 0) is 31.0 Å². The van der Waals surface area contributed by atoms with Crippen molar-refractivity contribution < 1.29 is 18.0 Å². The SMILES string of the molecule is O=C(c1cn(-c2cccc(Br)c2)nn1)N1CCCC(C(F)(F)F)C1. The second kappa shape index (κ2) is 6.54. The number of likely N-dealkylation sites (tertiary alicyclic amines) is 1. The fraction of sp³-hybridized carbons (Fsp3) is 0.400. The van der Waals surface area contributed by atoms with Gasteiger partial charge in [0.15, 0.2) is 5.69 Å². The van der Waals surface area contributed by atoms with Crippen molar-refractivity contribution in [2.45, 2.75) is 19.0 Å². The maximum Gasteiger partial charge on any atom is 0.393 e. The van der Waals surface area contributed by atoms with Gasteiger partial charge in [-0.3, -0.25) is 4.79 Å². The molecule has 0 bridgehead atoms. The lowest BCUT2D eigenvalue weighted by Gasteiger charge is -2.33. The standard InChI is InChI=1S/C15H14BrF3N4O/c16-11-4-1-5-12(7-11)23-9-13(20-21-23)14(24)22-6-2-3-10(8-22)15(17,18)19/h1,4-5,7,9-10H,2-3,6,8H2. The molecule has 1 fully saturated rings. The van der Waals surface area contributed by atoms with Gasteiger partial charge in [0.25, 0.3) is 5.91 Å². The quantitative estimate of drug-likeness (QED) is 0.772. The van der Waals surface area contributed by atoms with Crippen LogP contribution >= 0.6 is 15.9 Å². The third kappa shape index (κ3) is 3.61. The van der Waals surface area contributed by atoms with Crippen LogP contribution in [-0.4, -0.2) is 45.1 Å². The Bertz CT molecular complexity index is 746. The topological polar surface area (TPSA) is 51.0 Å². The maximum atomic E-state index is 12.9. The number of alkyl halides is 3. The summed E-state index contributed by atoms with van der Waals surface area (Å²) in [6, 6.07) is 7.23. The lowest BCUT2D eigenvalue weighted by atomic mass is 9.97. The summed E-state index contributed by atoms with van der Waals surface area (Å²) >= 11 is 3.34. The number of piperidine rings is 1. The van der Waals surface area contributed by atoms with Crippen molar-refractivity contribution in [1.82, 2.24) is 19.9 Å². The molecule has 1 atom stereocenters. The van der Waals surface area contributed by atoms with Crippen LogP contribution in [0.1, 0.15) is 23.3 Å². The first-order chi connectivity index (χ1) is 11.3. The molecule has 1 amide bonds. The summed E-state index contributed by atoms with van der Waals surface area (Å²) in [6.07, 6.45) is -2.47. The Morgan fingerprint density at radius 2 is 2.12 bits per heavy atom. The van der Waals surface area contributed by atoms with E-state index >= 15 is 0 Å². The zero-order valence-corrected chi connectivity index (χ0v) is 14.1. The van der Waals surface area contributed by atoms with Gasteiger partial charge in [-0.2, -0.15) is 13.2 Å². The van der Waals surface area contributed by atoms with E-state index in [1.54, 1.807) is 18.2 Å². The molecule has 0 N–H and O–H groups in total. The summed E-state index contributed by atoms with van der Waals surface area (Å²) in [5.74, 6) is -2.00. The average molecular weight is 403 g/mol. The van der Waals surface area contributed by atoms with E-state index in [4.69, 9.17) is 0 Å². The third-order valence-corrected chi connectivity index (χ3v) is 4.45. The van der Waals surface area contributed by atoms with Gasteiger partial charge in [0.1, 0.15) is 0 Å². The van der Waals surface area contributed by atoms with Crippen LogP contribution in [0.15, 0.2) is 34.9 Å². The Morgan fingerprint density at radius 1 is 1.33 bits per heavy atom. The van der Waals surface area contributed by atoms with Crippen LogP contribution in [0, 0.1) is 5.92 Å². The van der Waals surface area contributed by atoms with Crippen LogP contribution in [0.2, 0.25) is 0 Å². The van der Waals surface area contributed by atoms with E-state index in [-0.39, 0.29) is 18.7 Å². The molecule has 1 aromatic carbocycles. The minimum atomic E-state index is -4.28. The molecular weight excluding hydrogens is 389 g/mol. The summed E-state index contributed by atoms with van der Waals surface area (Å²) in [5, 5.41) is 7.70. The molecule has 9 heteroatoms. The van der Waals surface area contributed by atoms with Crippen LogP contribution < -0.4 is 0 Å². The van der Waals surface area contributed by atoms with Gasteiger partial charge in [-0.15, -0.1) is 5.10 Å². The van der Waals surface area contributed by atoms with Gasteiger partial charge in [-0.25, -0.2) is 4.68 Å². The number of halogens is 4. The summed E-state index contributed by atoms with van der Waals surface area (Å²) in [5.41, 5.74) is 0.737. The number of hydrogen-bond donors (Lipinski definition) is 0. The molecule has 2 heterocycles. The number of aromatic nitrogens is 3. The maximum absolute atomic E-state index is 12.9. The van der Waals surface area contributed by atoms with Crippen LogP contribution in [0.5, 0.6) is 0 Å². The highest BCUT2D eigenvalue weighted by Crippen LogP contribution is 2.33. The lowest BCUT2D eigenvalue weighted by Crippen LogP contribution is -2.44. The van der Waals surface area contributed by atoms with E-state index in [1.807, 2.05) is 6.07 Å². The van der Waals surface area contributed by atoms with Crippen LogP contribution in [0.3, 0.4) is 0 Å². The second-order valence-corrected chi connectivity index (χ2v) is 6.58. The second-order valence-electron chi connectivity index (χ2n) is 5.66. The van der Waals surface area contributed by atoms with Gasteiger partial charge in [-0.1, -0.05) is 27.2 Å². The Morgan fingerprint density at radius 3 is 2.83 bits per heavy atom. The molecule has 0 aliphatic carbocycles. The van der Waals surface area contributed by atoms with Crippen LogP contribution in [0.25, 0.3) is 5.69 Å². The Balaban J connectivity index is 1.76. The molecule has 1 aromatic heterocycles. The first-order valence-electron chi connectivity index (χ1n) is 7.39. The molecule has 128 valence electrons. The largest absolute Gasteiger partial charge is 0.393 e. The van der Waals surface area contributed by atoms with Gasteiger partial charge in [0, 0.05) is 17.6 Å². The van der Waals surface area contributed by atoms with Gasteiger partial charge >= 0.3 is 6.18 Å². The van der Waals surface area contributed by atoms with E-state index in [9.17, 15) is 18.0 Å². The van der Waals surface area contributed by atoms with E-state index in [2.05, 4.69) is 26.2 Å². The zero-order valence-electron chi connectivity index (χ0n) is 12.5. The van der Waals surface area contributed by atoms with E-state index < -0.39 is 18.0 Å². The van der Waals surface area contributed by atoms with Crippen LogP contribution in [0.4, 0.5) is 13.2 Å². The van der Waals surface area contributed by atoms with Gasteiger partial charge in [0.05, 0.1) is 17.8 Å². The summed E-state index contributed by atoms with van der Waals surface area (Å²) in [4.78, 5) is 13.6. The molecule has 0 radical (unpaired) electrons. The third-order valence-electron chi connectivity index (χ3n) is 3.96. The number of rotatable bonds is 2. The average Bonchev–Trinajstić information content (AvgIpc) is 3.03. The van der Waals surface area contributed by atoms with E-state index in [0.29, 0.717) is 18.7 Å². The molecule has 3 rings (SSSR count). The molecule has 1 aliphatic heterocycles. The summed E-state index contributed by atoms with van der Waals surface area (Å²) in [6.45, 7) is -0.0266. The smallest absolute Gasteiger partial charge is 0.337 e. The number of amides is 1. The Kier molecular flexibility index (Phi) is 4.62. The number of benzene rings is 1. The number of hydrogen-bond acceptors (Lipinski definition) is 3. The van der Waals surface area contributed by atoms with Crippen molar-refractivity contribution >= 4 is 21.8 Å². The number of carbonyl (C=O) groups is 1. The minimum absolute atomic E-state index is 0.0396. The molecule has 24 heavy (non-hydrogen) atoms. The molecule has 1 saturated heterocycles. The molecule has 5 nitrogen and oxygen atoms in total. The molecule has 1 unspecified atom stereocenters. The van der Waals surface area contributed by atoms with Crippen molar-refractivity contribution in [2.75, 3.05) is 13.1 Å². The first-order valence-corrected chi connectivity index (χ1v) is 8.18. The minimum Gasteiger partial charge on any atom is -0.337 e. The van der Waals surface area contributed by atoms with Crippen molar-refractivity contribution in [3.8, 4) is 5.69 Å². The molecule has 1 aliphatic rings. The van der Waals surface area contributed by atoms with Crippen molar-refractivity contribution in [1.29, 1.82) is 0 Å². The summed E-state index contributed by atoms with van der Waals surface area (Å²) < 4.78 is 40.9. The van der Waals surface area contributed by atoms with Gasteiger partial charge in [0.2, 0.25) is 0 Å². The molecule has 2 aromatic rings. The highest BCUT2D eigenvalue weighted by Gasteiger charge is 2.43. The van der Waals surface area contributed by atoms with Gasteiger partial charge < -0.3 is 4.90 Å². The highest BCUT2D eigenvalue weighted by molar-refractivity contribution is 9.10. The van der Waals surface area contributed by atoms with E-state index in [0.717, 1.165) is 4.47 Å². The fourth-order valence-corrected chi connectivity index (χ4v) is 3.08.